The number of piperazine rings is 1. The van der Waals surface area contributed by atoms with Gasteiger partial charge in [-0.2, -0.15) is 0 Å². The highest BCUT2D eigenvalue weighted by Crippen LogP contribution is 2.27. The Balaban J connectivity index is 0.00000363. The Labute approximate surface area is 210 Å². The summed E-state index contributed by atoms with van der Waals surface area (Å²) in [5.74, 6) is 2.12. The van der Waals surface area contributed by atoms with E-state index in [0.29, 0.717) is 13.1 Å². The lowest BCUT2D eigenvalue weighted by Gasteiger charge is -2.37. The van der Waals surface area contributed by atoms with E-state index < -0.39 is 0 Å². The number of likely N-dealkylation sites (tertiary alicyclic amines) is 1. The zero-order chi connectivity index (χ0) is 22.3. The normalized spacial score (nSPS) is 17.8. The van der Waals surface area contributed by atoms with E-state index in [9.17, 15) is 4.79 Å². The van der Waals surface area contributed by atoms with Crippen LogP contribution in [0.15, 0.2) is 29.3 Å². The molecule has 2 fully saturated rings. The van der Waals surface area contributed by atoms with Gasteiger partial charge in [0, 0.05) is 51.2 Å². The monoisotopic (exact) mass is 557 g/mol. The summed E-state index contributed by atoms with van der Waals surface area (Å²) in [5.41, 5.74) is 1.12. The molecule has 1 aromatic rings. The number of rotatable bonds is 7. The SMILES string of the molecule is CCNC(=NCC(C)(C)c1cccc(OC)c1)N1CCN(CC(=O)N2CCCC2)CC1.I. The van der Waals surface area contributed by atoms with Crippen LogP contribution < -0.4 is 10.1 Å². The van der Waals surface area contributed by atoms with Gasteiger partial charge in [0.05, 0.1) is 20.2 Å². The second-order valence-electron chi connectivity index (χ2n) is 9.14. The average Bonchev–Trinajstić information content (AvgIpc) is 3.32. The van der Waals surface area contributed by atoms with Crippen molar-refractivity contribution in [2.45, 2.75) is 39.0 Å². The van der Waals surface area contributed by atoms with Crippen LogP contribution in [0.1, 0.15) is 39.2 Å². The van der Waals surface area contributed by atoms with E-state index in [0.717, 1.165) is 70.4 Å². The van der Waals surface area contributed by atoms with Crippen molar-refractivity contribution in [3.63, 3.8) is 0 Å². The van der Waals surface area contributed by atoms with E-state index in [4.69, 9.17) is 9.73 Å². The van der Waals surface area contributed by atoms with E-state index in [1.54, 1.807) is 7.11 Å². The first kappa shape index (κ1) is 26.7. The largest absolute Gasteiger partial charge is 0.497 e. The van der Waals surface area contributed by atoms with Crippen LogP contribution in [0.2, 0.25) is 0 Å². The lowest BCUT2D eigenvalue weighted by Crippen LogP contribution is -2.54. The fourth-order valence-electron chi connectivity index (χ4n) is 4.21. The van der Waals surface area contributed by atoms with E-state index >= 15 is 0 Å². The molecule has 2 aliphatic heterocycles. The van der Waals surface area contributed by atoms with Gasteiger partial charge in [0.15, 0.2) is 5.96 Å². The van der Waals surface area contributed by atoms with Crippen LogP contribution >= 0.6 is 24.0 Å². The summed E-state index contributed by atoms with van der Waals surface area (Å²) < 4.78 is 5.39. The Morgan fingerprint density at radius 1 is 1.09 bits per heavy atom. The molecule has 0 saturated carbocycles. The van der Waals surface area contributed by atoms with Crippen LogP contribution in [0.25, 0.3) is 0 Å². The quantitative estimate of drug-likeness (QED) is 0.318. The molecule has 7 nitrogen and oxygen atoms in total. The highest BCUT2D eigenvalue weighted by molar-refractivity contribution is 14.0. The molecule has 1 amide bonds. The molecule has 2 saturated heterocycles. The third-order valence-electron chi connectivity index (χ3n) is 6.30. The van der Waals surface area contributed by atoms with Crippen molar-refractivity contribution < 1.29 is 9.53 Å². The Morgan fingerprint density at radius 2 is 1.78 bits per heavy atom. The number of methoxy groups -OCH3 is 1. The first-order valence-electron chi connectivity index (χ1n) is 11.6. The van der Waals surface area contributed by atoms with Gasteiger partial charge < -0.3 is 19.9 Å². The maximum atomic E-state index is 12.5. The van der Waals surface area contributed by atoms with Crippen molar-refractivity contribution in [3.05, 3.63) is 29.8 Å². The number of hydrogen-bond donors (Lipinski definition) is 1. The van der Waals surface area contributed by atoms with Gasteiger partial charge in [0.25, 0.3) is 0 Å². The number of aliphatic imine (C=N–C) groups is 1. The number of carbonyl (C=O) groups excluding carboxylic acids is 1. The minimum atomic E-state index is -0.0980. The maximum Gasteiger partial charge on any atom is 0.236 e. The summed E-state index contributed by atoms with van der Waals surface area (Å²) in [5, 5.41) is 3.46. The van der Waals surface area contributed by atoms with Gasteiger partial charge in [0.2, 0.25) is 5.91 Å². The molecule has 0 unspecified atom stereocenters. The number of guanidine groups is 1. The zero-order valence-corrected chi connectivity index (χ0v) is 22.4. The highest BCUT2D eigenvalue weighted by Gasteiger charge is 2.26. The van der Waals surface area contributed by atoms with E-state index in [1.165, 1.54) is 5.56 Å². The molecule has 0 atom stereocenters. The number of ether oxygens (including phenoxy) is 1. The molecule has 32 heavy (non-hydrogen) atoms. The molecule has 2 aliphatic rings. The molecule has 2 heterocycles. The third kappa shape index (κ3) is 7.23. The van der Waals surface area contributed by atoms with Crippen LogP contribution in [0.3, 0.4) is 0 Å². The van der Waals surface area contributed by atoms with Gasteiger partial charge in [-0.1, -0.05) is 26.0 Å². The summed E-state index contributed by atoms with van der Waals surface area (Å²) in [7, 11) is 1.70. The predicted octanol–water partition coefficient (Wildman–Crippen LogP) is 2.80. The number of hydrogen-bond acceptors (Lipinski definition) is 4. The third-order valence-corrected chi connectivity index (χ3v) is 6.30. The lowest BCUT2D eigenvalue weighted by atomic mass is 9.84. The lowest BCUT2D eigenvalue weighted by molar-refractivity contribution is -0.131. The van der Waals surface area contributed by atoms with Crippen LogP contribution in [0.4, 0.5) is 0 Å². The fourth-order valence-corrected chi connectivity index (χ4v) is 4.21. The molecule has 8 heteroatoms. The number of halogens is 1. The molecule has 1 aromatic carbocycles. The van der Waals surface area contributed by atoms with Gasteiger partial charge in [0.1, 0.15) is 5.75 Å². The van der Waals surface area contributed by atoms with Crippen molar-refractivity contribution >= 4 is 35.8 Å². The van der Waals surface area contributed by atoms with Crippen LogP contribution in [-0.2, 0) is 10.2 Å². The Bertz CT molecular complexity index is 757. The Morgan fingerprint density at radius 3 is 2.41 bits per heavy atom. The van der Waals surface area contributed by atoms with Gasteiger partial charge >= 0.3 is 0 Å². The average molecular weight is 558 g/mol. The van der Waals surface area contributed by atoms with Crippen molar-refractivity contribution in [1.29, 1.82) is 0 Å². The van der Waals surface area contributed by atoms with Crippen LogP contribution in [-0.4, -0.2) is 92.6 Å². The van der Waals surface area contributed by atoms with Crippen molar-refractivity contribution in [2.24, 2.45) is 4.99 Å². The molecule has 0 aliphatic carbocycles. The van der Waals surface area contributed by atoms with Crippen molar-refractivity contribution in [2.75, 3.05) is 66.0 Å². The molecule has 1 N–H and O–H groups in total. The zero-order valence-electron chi connectivity index (χ0n) is 20.1. The topological polar surface area (TPSA) is 60.4 Å². The second kappa shape index (κ2) is 12.6. The van der Waals surface area contributed by atoms with Crippen LogP contribution in [0, 0.1) is 0 Å². The smallest absolute Gasteiger partial charge is 0.236 e. The van der Waals surface area contributed by atoms with Gasteiger partial charge in [-0.05, 0) is 37.5 Å². The molecule has 3 rings (SSSR count). The summed E-state index contributed by atoms with van der Waals surface area (Å²) in [6.07, 6.45) is 2.29. The van der Waals surface area contributed by atoms with Gasteiger partial charge in [-0.15, -0.1) is 24.0 Å². The summed E-state index contributed by atoms with van der Waals surface area (Å²) in [4.78, 5) is 24.0. The molecule has 0 radical (unpaired) electrons. The molecule has 0 spiro atoms. The van der Waals surface area contributed by atoms with Crippen molar-refractivity contribution in [1.82, 2.24) is 20.0 Å². The van der Waals surface area contributed by atoms with E-state index in [-0.39, 0.29) is 35.3 Å². The van der Waals surface area contributed by atoms with E-state index in [2.05, 4.69) is 48.0 Å². The van der Waals surface area contributed by atoms with Gasteiger partial charge in [-0.25, -0.2) is 0 Å². The maximum absolute atomic E-state index is 12.5. The van der Waals surface area contributed by atoms with Crippen molar-refractivity contribution in [3.8, 4) is 5.75 Å². The summed E-state index contributed by atoms with van der Waals surface area (Å²) in [6, 6.07) is 8.24. The number of amides is 1. The molecule has 0 aromatic heterocycles. The predicted molar refractivity (Wildman–Crippen MR) is 141 cm³/mol. The Hall–Kier alpha value is -1.55. The molecule has 0 bridgehead atoms. The minimum Gasteiger partial charge on any atom is -0.497 e. The number of benzene rings is 1. The number of nitrogens with one attached hydrogen (secondary N) is 1. The van der Waals surface area contributed by atoms with Gasteiger partial charge in [-0.3, -0.25) is 14.7 Å². The second-order valence-corrected chi connectivity index (χ2v) is 9.14. The number of carbonyl (C=O) groups is 1. The first-order valence-corrected chi connectivity index (χ1v) is 11.6. The molecular weight excluding hydrogens is 517 g/mol. The summed E-state index contributed by atoms with van der Waals surface area (Å²) >= 11 is 0. The summed E-state index contributed by atoms with van der Waals surface area (Å²) in [6.45, 7) is 14.0. The minimum absolute atomic E-state index is 0. The highest BCUT2D eigenvalue weighted by atomic mass is 127. The number of nitrogens with zero attached hydrogens (tertiary/aromatic N) is 4. The first-order chi connectivity index (χ1) is 14.9. The van der Waals surface area contributed by atoms with Crippen LogP contribution in [0.5, 0.6) is 5.75 Å². The Kier molecular flexibility index (Phi) is 10.5. The molecular formula is C24H40IN5O2. The standard InChI is InChI=1S/C24H39N5O2.HI/c1-5-25-23(26-19-24(2,3)20-9-8-10-21(17-20)31-4)29-15-13-27(14-16-29)18-22(30)28-11-6-7-12-28;/h8-10,17H,5-7,11-16,18-19H2,1-4H3,(H,25,26);1H. The fraction of sp³-hybridized carbons (Fsp3) is 0.667. The molecule has 180 valence electrons. The van der Waals surface area contributed by atoms with E-state index in [1.807, 2.05) is 17.0 Å².